The minimum Gasteiger partial charge on any atom is -0.346 e. The van der Waals surface area contributed by atoms with Gasteiger partial charge in [0.1, 0.15) is 11.3 Å². The molecule has 3 rings (SSSR count). The normalized spacial score (nSPS) is 20.0. The summed E-state index contributed by atoms with van der Waals surface area (Å²) in [7, 11) is 4.23. The van der Waals surface area contributed by atoms with Crippen molar-refractivity contribution < 1.29 is 4.79 Å². The first-order valence-electron chi connectivity index (χ1n) is 7.55. The summed E-state index contributed by atoms with van der Waals surface area (Å²) in [5.74, 6) is 0.0471. The lowest BCUT2D eigenvalue weighted by Crippen LogP contribution is -2.34. The molecule has 2 aromatic rings. The van der Waals surface area contributed by atoms with Crippen LogP contribution in [0.2, 0.25) is 0 Å². The molecule has 0 saturated carbocycles. The zero-order chi connectivity index (χ0) is 14.8. The van der Waals surface area contributed by atoms with Crippen LogP contribution in [0, 0.1) is 0 Å². The Kier molecular flexibility index (Phi) is 3.92. The number of H-pyrrole nitrogens is 1. The number of nitrogens with zero attached hydrogens (tertiary/aromatic N) is 3. The monoisotopic (exact) mass is 286 g/mol. The third-order valence-corrected chi connectivity index (χ3v) is 4.34. The fourth-order valence-electron chi connectivity index (χ4n) is 3.01. The SMILES string of the molecule is CN(C)C1CCCN(C(=O)c2ccc3cc[nH]c3n2)CC1. The first-order chi connectivity index (χ1) is 10.1. The number of aromatic nitrogens is 2. The predicted molar refractivity (Wildman–Crippen MR) is 83.3 cm³/mol. The number of hydrogen-bond donors (Lipinski definition) is 1. The first-order valence-corrected chi connectivity index (χ1v) is 7.55. The molecule has 1 saturated heterocycles. The highest BCUT2D eigenvalue weighted by atomic mass is 16.2. The van der Waals surface area contributed by atoms with E-state index < -0.39 is 0 Å². The number of likely N-dealkylation sites (tertiary alicyclic amines) is 1. The summed E-state index contributed by atoms with van der Waals surface area (Å²) >= 11 is 0. The van der Waals surface area contributed by atoms with Gasteiger partial charge in [0.05, 0.1) is 0 Å². The van der Waals surface area contributed by atoms with Crippen molar-refractivity contribution >= 4 is 16.9 Å². The van der Waals surface area contributed by atoms with Crippen LogP contribution in [0.25, 0.3) is 11.0 Å². The van der Waals surface area contributed by atoms with Gasteiger partial charge < -0.3 is 14.8 Å². The Bertz CT molecular complexity index is 634. The number of carbonyl (C=O) groups excluding carboxylic acids is 1. The highest BCUT2D eigenvalue weighted by molar-refractivity contribution is 5.94. The fraction of sp³-hybridized carbons (Fsp3) is 0.500. The predicted octanol–water partition coefficient (Wildman–Crippen LogP) is 2.12. The molecule has 112 valence electrons. The van der Waals surface area contributed by atoms with Crippen molar-refractivity contribution in [2.45, 2.75) is 25.3 Å². The van der Waals surface area contributed by atoms with E-state index in [2.05, 4.69) is 29.0 Å². The molecule has 1 atom stereocenters. The van der Waals surface area contributed by atoms with Crippen LogP contribution >= 0.6 is 0 Å². The molecule has 1 aliphatic rings. The quantitative estimate of drug-likeness (QED) is 0.920. The zero-order valence-electron chi connectivity index (χ0n) is 12.7. The van der Waals surface area contributed by atoms with E-state index in [0.717, 1.165) is 43.4 Å². The summed E-state index contributed by atoms with van der Waals surface area (Å²) in [5.41, 5.74) is 1.31. The van der Waals surface area contributed by atoms with E-state index in [9.17, 15) is 4.79 Å². The average Bonchev–Trinajstić information content (AvgIpc) is 2.80. The van der Waals surface area contributed by atoms with Crippen molar-refractivity contribution in [2.24, 2.45) is 0 Å². The van der Waals surface area contributed by atoms with Gasteiger partial charge in [-0.3, -0.25) is 4.79 Å². The van der Waals surface area contributed by atoms with Gasteiger partial charge in [-0.05, 0) is 51.6 Å². The van der Waals surface area contributed by atoms with Gasteiger partial charge in [-0.25, -0.2) is 4.98 Å². The summed E-state index contributed by atoms with van der Waals surface area (Å²) in [6.07, 6.45) is 5.09. The Morgan fingerprint density at radius 3 is 2.95 bits per heavy atom. The first kappa shape index (κ1) is 14.1. The Hall–Kier alpha value is -1.88. The van der Waals surface area contributed by atoms with Crippen molar-refractivity contribution in [3.05, 3.63) is 30.1 Å². The maximum absolute atomic E-state index is 12.6. The topological polar surface area (TPSA) is 52.2 Å². The molecule has 2 aromatic heterocycles. The summed E-state index contributed by atoms with van der Waals surface area (Å²) in [6.45, 7) is 1.64. The molecule has 0 aliphatic carbocycles. The van der Waals surface area contributed by atoms with Crippen LogP contribution in [0.4, 0.5) is 0 Å². The van der Waals surface area contributed by atoms with Crippen LogP contribution in [-0.2, 0) is 0 Å². The molecular formula is C16H22N4O. The van der Waals surface area contributed by atoms with Crippen molar-refractivity contribution in [3.63, 3.8) is 0 Å². The standard InChI is InChI=1S/C16H22N4O/c1-19(2)13-4-3-10-20(11-8-13)16(21)14-6-5-12-7-9-17-15(12)18-14/h5-7,9,13H,3-4,8,10-11H2,1-2H3,(H,17,18). The van der Waals surface area contributed by atoms with E-state index in [1.807, 2.05) is 29.3 Å². The third kappa shape index (κ3) is 2.93. The Balaban J connectivity index is 1.75. The molecule has 21 heavy (non-hydrogen) atoms. The van der Waals surface area contributed by atoms with Gasteiger partial charge in [-0.2, -0.15) is 0 Å². The number of hydrogen-bond acceptors (Lipinski definition) is 3. The zero-order valence-corrected chi connectivity index (χ0v) is 12.7. The lowest BCUT2D eigenvalue weighted by molar-refractivity contribution is 0.0753. The molecule has 1 unspecified atom stereocenters. The highest BCUT2D eigenvalue weighted by Gasteiger charge is 2.23. The fourth-order valence-corrected chi connectivity index (χ4v) is 3.01. The lowest BCUT2D eigenvalue weighted by Gasteiger charge is -2.23. The van der Waals surface area contributed by atoms with Crippen LogP contribution in [0.5, 0.6) is 0 Å². The second-order valence-electron chi connectivity index (χ2n) is 5.95. The summed E-state index contributed by atoms with van der Waals surface area (Å²) in [6, 6.07) is 6.31. The van der Waals surface area contributed by atoms with Crippen LogP contribution in [-0.4, -0.2) is 58.9 Å². The van der Waals surface area contributed by atoms with E-state index >= 15 is 0 Å². The highest BCUT2D eigenvalue weighted by Crippen LogP contribution is 2.17. The summed E-state index contributed by atoms with van der Waals surface area (Å²) < 4.78 is 0. The summed E-state index contributed by atoms with van der Waals surface area (Å²) in [5, 5.41) is 1.04. The number of carbonyl (C=O) groups is 1. The van der Waals surface area contributed by atoms with Crippen LogP contribution < -0.4 is 0 Å². The molecular weight excluding hydrogens is 264 g/mol. The number of fused-ring (bicyclic) bond motifs is 1. The molecule has 0 radical (unpaired) electrons. The molecule has 1 fully saturated rings. The molecule has 0 bridgehead atoms. The number of rotatable bonds is 2. The number of amides is 1. The average molecular weight is 286 g/mol. The molecule has 5 nitrogen and oxygen atoms in total. The molecule has 0 spiro atoms. The maximum Gasteiger partial charge on any atom is 0.272 e. The van der Waals surface area contributed by atoms with Crippen molar-refractivity contribution in [3.8, 4) is 0 Å². The molecule has 0 aromatic carbocycles. The van der Waals surface area contributed by atoms with Crippen LogP contribution in [0.1, 0.15) is 29.8 Å². The molecule has 5 heteroatoms. The largest absolute Gasteiger partial charge is 0.346 e. The molecule has 1 N–H and O–H groups in total. The van der Waals surface area contributed by atoms with Gasteiger partial charge in [0.15, 0.2) is 0 Å². The van der Waals surface area contributed by atoms with Crippen molar-refractivity contribution in [1.82, 2.24) is 19.8 Å². The van der Waals surface area contributed by atoms with Gasteiger partial charge in [-0.1, -0.05) is 0 Å². The second-order valence-corrected chi connectivity index (χ2v) is 5.95. The van der Waals surface area contributed by atoms with E-state index in [-0.39, 0.29) is 5.91 Å². The third-order valence-electron chi connectivity index (χ3n) is 4.34. The maximum atomic E-state index is 12.6. The number of nitrogens with one attached hydrogen (secondary N) is 1. The van der Waals surface area contributed by atoms with Gasteiger partial charge in [0.25, 0.3) is 5.91 Å². The van der Waals surface area contributed by atoms with Crippen LogP contribution in [0.15, 0.2) is 24.4 Å². The minimum atomic E-state index is 0.0471. The number of aromatic amines is 1. The van der Waals surface area contributed by atoms with Crippen LogP contribution in [0.3, 0.4) is 0 Å². The Morgan fingerprint density at radius 1 is 1.29 bits per heavy atom. The smallest absolute Gasteiger partial charge is 0.272 e. The molecule has 1 aliphatic heterocycles. The van der Waals surface area contributed by atoms with Crippen molar-refractivity contribution in [1.29, 1.82) is 0 Å². The Morgan fingerprint density at radius 2 is 2.14 bits per heavy atom. The lowest BCUT2D eigenvalue weighted by atomic mass is 10.1. The van der Waals surface area contributed by atoms with E-state index in [1.54, 1.807) is 0 Å². The number of pyridine rings is 1. The Labute approximate surface area is 125 Å². The van der Waals surface area contributed by atoms with Gasteiger partial charge in [0.2, 0.25) is 0 Å². The van der Waals surface area contributed by atoms with Crippen molar-refractivity contribution in [2.75, 3.05) is 27.2 Å². The van der Waals surface area contributed by atoms with Gasteiger partial charge >= 0.3 is 0 Å². The van der Waals surface area contributed by atoms with Gasteiger partial charge in [0, 0.05) is 30.7 Å². The van der Waals surface area contributed by atoms with Gasteiger partial charge in [-0.15, -0.1) is 0 Å². The minimum absolute atomic E-state index is 0.0471. The molecule has 1 amide bonds. The summed E-state index contributed by atoms with van der Waals surface area (Å²) in [4.78, 5) is 24.3. The molecule has 3 heterocycles. The van der Waals surface area contributed by atoms with E-state index in [4.69, 9.17) is 0 Å². The second kappa shape index (κ2) is 5.85. The van der Waals surface area contributed by atoms with E-state index in [0.29, 0.717) is 11.7 Å². The van der Waals surface area contributed by atoms with E-state index in [1.165, 1.54) is 0 Å².